The number of carboxylic acids is 1. The Balaban J connectivity index is 1.57. The fourth-order valence-corrected chi connectivity index (χ4v) is 3.19. The molecule has 11 nitrogen and oxygen atoms in total. The fourth-order valence-electron chi connectivity index (χ4n) is 3.19. The van der Waals surface area contributed by atoms with Gasteiger partial charge in [-0.1, -0.05) is 36.8 Å². The molecule has 0 saturated carbocycles. The number of hydrogen-bond acceptors (Lipinski definition) is 6. The van der Waals surface area contributed by atoms with E-state index in [1.807, 2.05) is 0 Å². The maximum absolute atomic E-state index is 12.0. The molecule has 1 heterocycles. The summed E-state index contributed by atoms with van der Waals surface area (Å²) in [6.07, 6.45) is 4.45. The summed E-state index contributed by atoms with van der Waals surface area (Å²) in [6.45, 7) is -0.443. The van der Waals surface area contributed by atoms with Crippen LogP contribution in [0.1, 0.15) is 31.2 Å². The van der Waals surface area contributed by atoms with Crippen LogP contribution in [0.3, 0.4) is 0 Å². The predicted molar refractivity (Wildman–Crippen MR) is 120 cm³/mol. The molecule has 5 amide bonds. The summed E-state index contributed by atoms with van der Waals surface area (Å²) in [5.41, 5.74) is 0.747. The van der Waals surface area contributed by atoms with E-state index >= 15 is 0 Å². The zero-order chi connectivity index (χ0) is 24.9. The summed E-state index contributed by atoms with van der Waals surface area (Å²) >= 11 is 0. The molecule has 1 atom stereocenters. The summed E-state index contributed by atoms with van der Waals surface area (Å²) in [5.74, 6) is -3.45. The number of nitrogens with zero attached hydrogens (tertiary/aromatic N) is 1. The van der Waals surface area contributed by atoms with E-state index in [4.69, 9.17) is 0 Å². The zero-order valence-electron chi connectivity index (χ0n) is 18.6. The van der Waals surface area contributed by atoms with Crippen molar-refractivity contribution in [3.63, 3.8) is 0 Å². The lowest BCUT2D eigenvalue weighted by atomic mass is 10.1. The highest BCUT2D eigenvalue weighted by molar-refractivity contribution is 6.12. The van der Waals surface area contributed by atoms with Crippen LogP contribution in [0.5, 0.6) is 0 Å². The molecule has 1 aromatic carbocycles. The molecule has 0 radical (unpaired) electrons. The van der Waals surface area contributed by atoms with Gasteiger partial charge in [-0.05, 0) is 18.4 Å². The van der Waals surface area contributed by atoms with E-state index in [1.165, 1.54) is 12.2 Å². The van der Waals surface area contributed by atoms with Crippen LogP contribution in [-0.2, 0) is 35.2 Å². The summed E-state index contributed by atoms with van der Waals surface area (Å²) in [6, 6.07) is 7.69. The molecule has 0 saturated heterocycles. The van der Waals surface area contributed by atoms with Gasteiger partial charge >= 0.3 is 5.97 Å². The number of unbranched alkanes of at least 4 members (excludes halogenated alkanes) is 2. The van der Waals surface area contributed by atoms with E-state index < -0.39 is 30.4 Å². The van der Waals surface area contributed by atoms with Crippen LogP contribution in [0.15, 0.2) is 42.5 Å². The average molecular weight is 472 g/mol. The van der Waals surface area contributed by atoms with E-state index in [0.717, 1.165) is 10.5 Å². The first-order chi connectivity index (χ1) is 16.3. The van der Waals surface area contributed by atoms with Gasteiger partial charge in [-0.25, -0.2) is 4.79 Å². The SMILES string of the molecule is O=C(CCCCCN1C(=O)C=CC1=O)NCC(=O)NCC(=O)N[C@H](Cc1ccccc1)C(=O)O. The molecular formula is C23H28N4O7. The Hall–Kier alpha value is -4.02. The van der Waals surface area contributed by atoms with Crippen LogP contribution >= 0.6 is 0 Å². The Morgan fingerprint density at radius 1 is 0.824 bits per heavy atom. The van der Waals surface area contributed by atoms with Crippen LogP contribution < -0.4 is 16.0 Å². The number of carbonyl (C=O) groups is 6. The number of nitrogens with one attached hydrogen (secondary N) is 3. The standard InChI is InChI=1S/C23H28N4O7/c28-18(9-5-2-6-12-27-21(31)10-11-22(27)32)24-14-19(29)25-15-20(30)26-17(23(33)34)13-16-7-3-1-4-8-16/h1,3-4,7-8,10-11,17H,2,5-6,9,12-15H2,(H,24,28)(H,25,29)(H,26,30)(H,33,34)/t17-/m1/s1. The Labute approximate surface area is 196 Å². The molecule has 1 aliphatic heterocycles. The summed E-state index contributed by atoms with van der Waals surface area (Å²) in [7, 11) is 0. The Bertz CT molecular complexity index is 928. The minimum Gasteiger partial charge on any atom is -0.480 e. The number of benzene rings is 1. The first-order valence-electron chi connectivity index (χ1n) is 10.9. The van der Waals surface area contributed by atoms with Crippen molar-refractivity contribution in [1.29, 1.82) is 0 Å². The molecule has 182 valence electrons. The van der Waals surface area contributed by atoms with E-state index in [1.54, 1.807) is 30.3 Å². The first-order valence-corrected chi connectivity index (χ1v) is 10.9. The lowest BCUT2D eigenvalue weighted by Crippen LogP contribution is -2.47. The van der Waals surface area contributed by atoms with Crippen molar-refractivity contribution in [1.82, 2.24) is 20.9 Å². The van der Waals surface area contributed by atoms with Crippen molar-refractivity contribution < 1.29 is 33.9 Å². The molecule has 0 bridgehead atoms. The van der Waals surface area contributed by atoms with Crippen LogP contribution in [0.4, 0.5) is 0 Å². The number of rotatable bonds is 14. The Morgan fingerprint density at radius 2 is 1.44 bits per heavy atom. The first kappa shape index (κ1) is 26.2. The van der Waals surface area contributed by atoms with E-state index in [2.05, 4.69) is 16.0 Å². The summed E-state index contributed by atoms with van der Waals surface area (Å²) < 4.78 is 0. The molecule has 0 aliphatic carbocycles. The Morgan fingerprint density at radius 3 is 2.09 bits per heavy atom. The van der Waals surface area contributed by atoms with Gasteiger partial charge in [0.2, 0.25) is 17.7 Å². The third kappa shape index (κ3) is 9.23. The molecule has 34 heavy (non-hydrogen) atoms. The maximum Gasteiger partial charge on any atom is 0.326 e. The van der Waals surface area contributed by atoms with Gasteiger partial charge in [-0.3, -0.25) is 28.9 Å². The molecule has 0 spiro atoms. The van der Waals surface area contributed by atoms with Gasteiger partial charge in [-0.2, -0.15) is 0 Å². The molecule has 1 aliphatic rings. The number of hydrogen-bond donors (Lipinski definition) is 4. The van der Waals surface area contributed by atoms with Crippen LogP contribution in [0.25, 0.3) is 0 Å². The predicted octanol–water partition coefficient (Wildman–Crippen LogP) is -0.484. The maximum atomic E-state index is 12.0. The van der Waals surface area contributed by atoms with Crippen LogP contribution in [0.2, 0.25) is 0 Å². The second-order valence-corrected chi connectivity index (χ2v) is 7.67. The topological polar surface area (TPSA) is 162 Å². The Kier molecular flexibility index (Phi) is 10.4. The molecule has 0 aromatic heterocycles. The largest absolute Gasteiger partial charge is 0.480 e. The molecular weight excluding hydrogens is 444 g/mol. The molecule has 11 heteroatoms. The monoisotopic (exact) mass is 472 g/mol. The lowest BCUT2D eigenvalue weighted by Gasteiger charge is -2.15. The summed E-state index contributed by atoms with van der Waals surface area (Å²) in [4.78, 5) is 71.1. The molecule has 2 rings (SSSR count). The number of amides is 5. The second-order valence-electron chi connectivity index (χ2n) is 7.67. The smallest absolute Gasteiger partial charge is 0.326 e. The van der Waals surface area contributed by atoms with Crippen molar-refractivity contribution in [2.75, 3.05) is 19.6 Å². The minimum atomic E-state index is -1.19. The third-order valence-electron chi connectivity index (χ3n) is 4.99. The van der Waals surface area contributed by atoms with E-state index in [9.17, 15) is 33.9 Å². The van der Waals surface area contributed by atoms with Gasteiger partial charge in [0.25, 0.3) is 11.8 Å². The normalized spacial score (nSPS) is 13.5. The minimum absolute atomic E-state index is 0.105. The summed E-state index contributed by atoms with van der Waals surface area (Å²) in [5, 5.41) is 16.4. The molecule has 0 fully saturated rings. The van der Waals surface area contributed by atoms with E-state index in [-0.39, 0.29) is 37.1 Å². The second kappa shape index (κ2) is 13.5. The van der Waals surface area contributed by atoms with Crippen molar-refractivity contribution in [3.8, 4) is 0 Å². The van der Waals surface area contributed by atoms with Crippen molar-refractivity contribution >= 4 is 35.5 Å². The lowest BCUT2D eigenvalue weighted by molar-refractivity contribution is -0.141. The van der Waals surface area contributed by atoms with Crippen molar-refractivity contribution in [2.24, 2.45) is 0 Å². The van der Waals surface area contributed by atoms with Crippen LogP contribution in [0, 0.1) is 0 Å². The number of imide groups is 1. The van der Waals surface area contributed by atoms with Gasteiger partial charge in [0.05, 0.1) is 13.1 Å². The fraction of sp³-hybridized carbons (Fsp3) is 0.391. The van der Waals surface area contributed by atoms with Gasteiger partial charge in [0.15, 0.2) is 0 Å². The van der Waals surface area contributed by atoms with Gasteiger partial charge < -0.3 is 21.1 Å². The molecule has 0 unspecified atom stereocenters. The van der Waals surface area contributed by atoms with Crippen molar-refractivity contribution in [2.45, 2.75) is 38.1 Å². The number of carboxylic acid groups (broad SMARTS) is 1. The number of carbonyl (C=O) groups excluding carboxylic acids is 5. The zero-order valence-corrected chi connectivity index (χ0v) is 18.6. The number of aliphatic carboxylic acids is 1. The van der Waals surface area contributed by atoms with Crippen molar-refractivity contribution in [3.05, 3.63) is 48.0 Å². The highest BCUT2D eigenvalue weighted by Gasteiger charge is 2.22. The van der Waals surface area contributed by atoms with Crippen LogP contribution in [-0.4, -0.2) is 71.2 Å². The van der Waals surface area contributed by atoms with Gasteiger partial charge in [-0.15, -0.1) is 0 Å². The highest BCUT2D eigenvalue weighted by atomic mass is 16.4. The molecule has 1 aromatic rings. The quantitative estimate of drug-likeness (QED) is 0.210. The molecule has 4 N–H and O–H groups in total. The highest BCUT2D eigenvalue weighted by Crippen LogP contribution is 2.07. The average Bonchev–Trinajstić information content (AvgIpc) is 3.13. The third-order valence-corrected chi connectivity index (χ3v) is 4.99. The van der Waals surface area contributed by atoms with E-state index in [0.29, 0.717) is 25.8 Å². The van der Waals surface area contributed by atoms with Gasteiger partial charge in [0, 0.05) is 31.5 Å². The van der Waals surface area contributed by atoms with Gasteiger partial charge in [0.1, 0.15) is 6.04 Å².